The lowest BCUT2D eigenvalue weighted by molar-refractivity contribution is 0.0958. The van der Waals surface area contributed by atoms with E-state index in [1.165, 1.54) is 12.8 Å². The number of β-amino-alcohol motifs (C(OH)–C–C–N with tert-alkyl or cyclic N) is 1. The third kappa shape index (κ3) is 3.73. The molecule has 0 amide bonds. The molecular weight excluding hydrogens is 254 g/mol. The Morgan fingerprint density at radius 3 is 2.60 bits per heavy atom. The molecule has 114 valence electrons. The van der Waals surface area contributed by atoms with E-state index in [0.29, 0.717) is 6.54 Å². The lowest BCUT2D eigenvalue weighted by Crippen LogP contribution is -2.42. The first-order valence-corrected chi connectivity index (χ1v) is 7.51. The van der Waals surface area contributed by atoms with Gasteiger partial charge in [-0.3, -0.25) is 0 Å². The van der Waals surface area contributed by atoms with Crippen molar-refractivity contribution in [3.05, 3.63) is 11.5 Å². The molecule has 1 atom stereocenters. The molecule has 1 aliphatic rings. The minimum atomic E-state index is -0.345. The molecule has 0 spiro atoms. The SMILES string of the molecule is Cc1noc(C)c1N(C)CC(O)CN1CCC(C)CC1. The Kier molecular flexibility index (Phi) is 5.05. The second kappa shape index (κ2) is 6.59. The first-order chi connectivity index (χ1) is 9.47. The molecule has 5 heteroatoms. The van der Waals surface area contributed by atoms with Crippen LogP contribution >= 0.6 is 0 Å². The lowest BCUT2D eigenvalue weighted by Gasteiger charge is -2.32. The molecule has 5 nitrogen and oxygen atoms in total. The fourth-order valence-electron chi connectivity index (χ4n) is 3.03. The van der Waals surface area contributed by atoms with Gasteiger partial charge in [0.2, 0.25) is 0 Å². The molecule has 0 aliphatic carbocycles. The van der Waals surface area contributed by atoms with Crippen molar-refractivity contribution in [2.75, 3.05) is 38.1 Å². The molecule has 1 aromatic rings. The Balaban J connectivity index is 1.83. The topological polar surface area (TPSA) is 52.7 Å². The van der Waals surface area contributed by atoms with Crippen molar-refractivity contribution in [2.24, 2.45) is 5.92 Å². The van der Waals surface area contributed by atoms with E-state index in [0.717, 1.165) is 42.7 Å². The quantitative estimate of drug-likeness (QED) is 0.892. The first-order valence-electron chi connectivity index (χ1n) is 7.51. The predicted molar refractivity (Wildman–Crippen MR) is 80.1 cm³/mol. The lowest BCUT2D eigenvalue weighted by atomic mass is 9.99. The van der Waals surface area contributed by atoms with Gasteiger partial charge in [0.05, 0.1) is 6.10 Å². The number of likely N-dealkylation sites (tertiary alicyclic amines) is 1. The van der Waals surface area contributed by atoms with E-state index in [1.807, 2.05) is 25.8 Å². The highest BCUT2D eigenvalue weighted by Gasteiger charge is 2.21. The molecule has 2 rings (SSSR count). The summed E-state index contributed by atoms with van der Waals surface area (Å²) in [4.78, 5) is 4.41. The number of hydrogen-bond acceptors (Lipinski definition) is 5. The van der Waals surface area contributed by atoms with Gasteiger partial charge in [0.1, 0.15) is 11.4 Å². The van der Waals surface area contributed by atoms with Crippen LogP contribution in [0, 0.1) is 19.8 Å². The van der Waals surface area contributed by atoms with E-state index in [9.17, 15) is 5.11 Å². The Labute approximate surface area is 121 Å². The molecule has 1 aromatic heterocycles. The molecule has 2 heterocycles. The zero-order chi connectivity index (χ0) is 14.7. The number of likely N-dealkylation sites (N-methyl/N-ethyl adjacent to an activating group) is 1. The van der Waals surface area contributed by atoms with Crippen LogP contribution in [0.5, 0.6) is 0 Å². The van der Waals surface area contributed by atoms with Crippen LogP contribution < -0.4 is 4.90 Å². The van der Waals surface area contributed by atoms with Gasteiger partial charge in [-0.15, -0.1) is 0 Å². The van der Waals surface area contributed by atoms with Crippen molar-refractivity contribution >= 4 is 5.69 Å². The Hall–Kier alpha value is -1.07. The van der Waals surface area contributed by atoms with E-state index in [-0.39, 0.29) is 6.10 Å². The summed E-state index contributed by atoms with van der Waals surface area (Å²) >= 11 is 0. The highest BCUT2D eigenvalue weighted by Crippen LogP contribution is 2.23. The van der Waals surface area contributed by atoms with Gasteiger partial charge in [0, 0.05) is 20.1 Å². The number of aliphatic hydroxyl groups excluding tert-OH is 1. The molecule has 0 bridgehead atoms. The van der Waals surface area contributed by atoms with Crippen LogP contribution in [0.25, 0.3) is 0 Å². The van der Waals surface area contributed by atoms with Crippen LogP contribution in [0.2, 0.25) is 0 Å². The number of aliphatic hydroxyl groups is 1. The number of aromatic nitrogens is 1. The minimum absolute atomic E-state index is 0.345. The van der Waals surface area contributed by atoms with Crippen molar-refractivity contribution < 1.29 is 9.63 Å². The van der Waals surface area contributed by atoms with Gasteiger partial charge in [-0.2, -0.15) is 0 Å². The molecular formula is C15H27N3O2. The highest BCUT2D eigenvalue weighted by molar-refractivity contribution is 5.52. The molecule has 0 radical (unpaired) electrons. The molecule has 1 fully saturated rings. The van der Waals surface area contributed by atoms with E-state index in [2.05, 4.69) is 17.0 Å². The van der Waals surface area contributed by atoms with E-state index < -0.39 is 0 Å². The van der Waals surface area contributed by atoms with Crippen molar-refractivity contribution in [3.63, 3.8) is 0 Å². The van der Waals surface area contributed by atoms with Crippen LogP contribution in [0.4, 0.5) is 5.69 Å². The maximum atomic E-state index is 10.3. The van der Waals surface area contributed by atoms with Gasteiger partial charge in [0.25, 0.3) is 0 Å². The summed E-state index contributed by atoms with van der Waals surface area (Å²) in [5.74, 6) is 1.64. The second-order valence-corrected chi connectivity index (χ2v) is 6.19. The van der Waals surface area contributed by atoms with Crippen LogP contribution in [0.3, 0.4) is 0 Å². The summed E-state index contributed by atoms with van der Waals surface area (Å²) in [5.41, 5.74) is 1.88. The molecule has 1 aliphatic heterocycles. The largest absolute Gasteiger partial charge is 0.390 e. The van der Waals surface area contributed by atoms with Crippen LogP contribution in [-0.2, 0) is 0 Å². The van der Waals surface area contributed by atoms with Crippen molar-refractivity contribution in [2.45, 2.75) is 39.7 Å². The molecule has 20 heavy (non-hydrogen) atoms. The fourth-order valence-corrected chi connectivity index (χ4v) is 3.03. The van der Waals surface area contributed by atoms with Crippen molar-refractivity contribution in [1.29, 1.82) is 0 Å². The Morgan fingerprint density at radius 2 is 2.05 bits per heavy atom. The van der Waals surface area contributed by atoms with E-state index in [1.54, 1.807) is 0 Å². The van der Waals surface area contributed by atoms with E-state index in [4.69, 9.17) is 4.52 Å². The Morgan fingerprint density at radius 1 is 1.40 bits per heavy atom. The average molecular weight is 281 g/mol. The van der Waals surface area contributed by atoms with Crippen molar-refractivity contribution in [1.82, 2.24) is 10.1 Å². The smallest absolute Gasteiger partial charge is 0.157 e. The first kappa shape index (κ1) is 15.3. The standard InChI is InChI=1S/C15H27N3O2/c1-11-5-7-18(8-6-11)10-14(19)9-17(4)15-12(2)16-20-13(15)3/h11,14,19H,5-10H2,1-4H3. The number of piperidine rings is 1. The summed E-state index contributed by atoms with van der Waals surface area (Å²) in [6.45, 7) is 9.71. The van der Waals surface area contributed by atoms with Gasteiger partial charge in [-0.25, -0.2) is 0 Å². The number of aryl methyl sites for hydroxylation is 2. The second-order valence-electron chi connectivity index (χ2n) is 6.19. The van der Waals surface area contributed by atoms with Gasteiger partial charge in [0.15, 0.2) is 5.76 Å². The van der Waals surface area contributed by atoms with Gasteiger partial charge >= 0.3 is 0 Å². The summed E-state index contributed by atoms with van der Waals surface area (Å²) in [5, 5.41) is 14.2. The van der Waals surface area contributed by atoms with E-state index >= 15 is 0 Å². The minimum Gasteiger partial charge on any atom is -0.390 e. The third-order valence-electron chi connectivity index (χ3n) is 4.21. The summed E-state index contributed by atoms with van der Waals surface area (Å²) < 4.78 is 5.18. The molecule has 1 saturated heterocycles. The number of anilines is 1. The van der Waals surface area contributed by atoms with Gasteiger partial charge in [-0.05, 0) is 45.7 Å². The zero-order valence-electron chi connectivity index (χ0n) is 13.1. The zero-order valence-corrected chi connectivity index (χ0v) is 13.1. The number of hydrogen-bond donors (Lipinski definition) is 1. The third-order valence-corrected chi connectivity index (χ3v) is 4.21. The maximum Gasteiger partial charge on any atom is 0.157 e. The van der Waals surface area contributed by atoms with Crippen LogP contribution in [0.1, 0.15) is 31.2 Å². The van der Waals surface area contributed by atoms with Crippen LogP contribution in [0.15, 0.2) is 4.52 Å². The van der Waals surface area contributed by atoms with Crippen molar-refractivity contribution in [3.8, 4) is 0 Å². The van der Waals surface area contributed by atoms with Crippen LogP contribution in [-0.4, -0.2) is 54.5 Å². The normalized spacial score (nSPS) is 19.2. The Bertz CT molecular complexity index is 405. The molecule has 1 unspecified atom stereocenters. The van der Waals surface area contributed by atoms with Gasteiger partial charge < -0.3 is 19.4 Å². The summed E-state index contributed by atoms with van der Waals surface area (Å²) in [7, 11) is 1.98. The summed E-state index contributed by atoms with van der Waals surface area (Å²) in [6.07, 6.45) is 2.14. The summed E-state index contributed by atoms with van der Waals surface area (Å²) in [6, 6.07) is 0. The highest BCUT2D eigenvalue weighted by atomic mass is 16.5. The molecule has 0 saturated carbocycles. The average Bonchev–Trinajstić information content (AvgIpc) is 2.72. The fraction of sp³-hybridized carbons (Fsp3) is 0.800. The maximum absolute atomic E-state index is 10.3. The number of nitrogens with zero attached hydrogens (tertiary/aromatic N) is 3. The molecule has 1 N–H and O–H groups in total. The number of rotatable bonds is 5. The molecule has 0 aromatic carbocycles. The monoisotopic (exact) mass is 281 g/mol. The predicted octanol–water partition coefficient (Wildman–Crippen LogP) is 1.82. The van der Waals surface area contributed by atoms with Gasteiger partial charge in [-0.1, -0.05) is 12.1 Å².